The minimum Gasteiger partial charge on any atom is -0.438 e. The molecule has 25 heavy (non-hydrogen) atoms. The molecule has 0 saturated heterocycles. The van der Waals surface area contributed by atoms with Gasteiger partial charge < -0.3 is 14.6 Å². The number of carbonyl (C=O) groups is 2. The highest BCUT2D eigenvalue weighted by molar-refractivity contribution is 7.89. The molecule has 2 heterocycles. The Bertz CT molecular complexity index is 935. The average Bonchev–Trinajstić information content (AvgIpc) is 3.09. The molecule has 1 atom stereocenters. The maximum absolute atomic E-state index is 12.8. The third-order valence-corrected chi connectivity index (χ3v) is 4.91. The van der Waals surface area contributed by atoms with Gasteiger partial charge in [0.05, 0.1) is 0 Å². The van der Waals surface area contributed by atoms with E-state index in [0.717, 1.165) is 17.2 Å². The number of amides is 2. The standard InChI is InChI=1S/C16H17N3O5S/c1-18-15(20)12-8-10-4-2-3-5-11(10)9-19(12)16(21)13-6-7-14(24-13)25(17,22)23/h2-7,12H,8-9H2,1H3,(H,18,20)(H2,17,22,23)/t12-/m0/s1. The van der Waals surface area contributed by atoms with E-state index in [9.17, 15) is 18.0 Å². The van der Waals surface area contributed by atoms with E-state index in [0.29, 0.717) is 6.42 Å². The lowest BCUT2D eigenvalue weighted by Crippen LogP contribution is -2.51. The van der Waals surface area contributed by atoms with Crippen LogP contribution >= 0.6 is 0 Å². The second-order valence-electron chi connectivity index (χ2n) is 5.70. The molecule has 1 aliphatic rings. The molecule has 0 unspecified atom stereocenters. The average molecular weight is 363 g/mol. The monoisotopic (exact) mass is 363 g/mol. The molecule has 2 aromatic rings. The van der Waals surface area contributed by atoms with Crippen LogP contribution in [0.2, 0.25) is 0 Å². The van der Waals surface area contributed by atoms with Crippen LogP contribution in [0.25, 0.3) is 0 Å². The Hall–Kier alpha value is -2.65. The van der Waals surface area contributed by atoms with Gasteiger partial charge >= 0.3 is 0 Å². The largest absolute Gasteiger partial charge is 0.438 e. The van der Waals surface area contributed by atoms with Crippen LogP contribution < -0.4 is 10.5 Å². The van der Waals surface area contributed by atoms with Crippen molar-refractivity contribution >= 4 is 21.8 Å². The molecule has 132 valence electrons. The third kappa shape index (κ3) is 3.28. The minimum absolute atomic E-state index is 0.183. The number of primary sulfonamides is 1. The molecule has 0 bridgehead atoms. The van der Waals surface area contributed by atoms with E-state index in [1.165, 1.54) is 18.0 Å². The van der Waals surface area contributed by atoms with Gasteiger partial charge in [-0.3, -0.25) is 9.59 Å². The molecule has 0 spiro atoms. The first-order valence-electron chi connectivity index (χ1n) is 7.53. The number of carbonyl (C=O) groups excluding carboxylic acids is 2. The Morgan fingerprint density at radius 1 is 1.20 bits per heavy atom. The lowest BCUT2D eigenvalue weighted by Gasteiger charge is -2.35. The van der Waals surface area contributed by atoms with Gasteiger partial charge in [-0.1, -0.05) is 24.3 Å². The summed E-state index contributed by atoms with van der Waals surface area (Å²) in [7, 11) is -2.55. The van der Waals surface area contributed by atoms with Crippen LogP contribution in [0.5, 0.6) is 0 Å². The van der Waals surface area contributed by atoms with Crippen molar-refractivity contribution in [3.63, 3.8) is 0 Å². The molecule has 9 heteroatoms. The van der Waals surface area contributed by atoms with Gasteiger partial charge in [-0.15, -0.1) is 0 Å². The molecule has 8 nitrogen and oxygen atoms in total. The predicted molar refractivity (Wildman–Crippen MR) is 88.0 cm³/mol. The van der Waals surface area contributed by atoms with E-state index in [1.807, 2.05) is 24.3 Å². The minimum atomic E-state index is -4.05. The van der Waals surface area contributed by atoms with Gasteiger partial charge in [-0.25, -0.2) is 13.6 Å². The van der Waals surface area contributed by atoms with Gasteiger partial charge in [0, 0.05) is 20.0 Å². The number of likely N-dealkylation sites (N-methyl/N-ethyl adjacent to an activating group) is 1. The number of sulfonamides is 1. The number of rotatable bonds is 3. The number of nitrogens with one attached hydrogen (secondary N) is 1. The Balaban J connectivity index is 1.96. The van der Waals surface area contributed by atoms with Crippen molar-refractivity contribution in [1.29, 1.82) is 0 Å². The second kappa shape index (κ2) is 6.34. The number of nitrogens with two attached hydrogens (primary N) is 1. The van der Waals surface area contributed by atoms with Gasteiger partial charge in [-0.05, 0) is 23.3 Å². The summed E-state index contributed by atoms with van der Waals surface area (Å²) in [5, 5.41) is 7.05. The molecule has 3 rings (SSSR count). The Kier molecular flexibility index (Phi) is 4.36. The predicted octanol–water partition coefficient (Wildman–Crippen LogP) is 0.240. The SMILES string of the molecule is CNC(=O)[C@@H]1Cc2ccccc2CN1C(=O)c1ccc(S(N)(=O)=O)o1. The summed E-state index contributed by atoms with van der Waals surface area (Å²) < 4.78 is 27.7. The Morgan fingerprint density at radius 3 is 2.48 bits per heavy atom. The summed E-state index contributed by atoms with van der Waals surface area (Å²) in [4.78, 5) is 26.4. The van der Waals surface area contributed by atoms with Gasteiger partial charge in [0.25, 0.3) is 15.9 Å². The van der Waals surface area contributed by atoms with Crippen molar-refractivity contribution in [1.82, 2.24) is 10.2 Å². The Labute approximate surface area is 144 Å². The van der Waals surface area contributed by atoms with Gasteiger partial charge in [0.15, 0.2) is 5.76 Å². The zero-order chi connectivity index (χ0) is 18.2. The molecule has 2 amide bonds. The van der Waals surface area contributed by atoms with Crippen molar-refractivity contribution in [2.45, 2.75) is 24.1 Å². The van der Waals surface area contributed by atoms with Crippen LogP contribution in [0.15, 0.2) is 45.9 Å². The molecular formula is C16H17N3O5S. The smallest absolute Gasteiger partial charge is 0.290 e. The first-order valence-corrected chi connectivity index (χ1v) is 9.08. The normalized spacial score (nSPS) is 17.0. The first-order chi connectivity index (χ1) is 11.8. The molecule has 1 aromatic heterocycles. The van der Waals surface area contributed by atoms with Crippen LogP contribution in [0, 0.1) is 0 Å². The summed E-state index contributed by atoms with van der Waals surface area (Å²) in [6.07, 6.45) is 0.365. The van der Waals surface area contributed by atoms with E-state index in [4.69, 9.17) is 9.56 Å². The zero-order valence-corrected chi connectivity index (χ0v) is 14.2. The van der Waals surface area contributed by atoms with Crippen LogP contribution in [0.3, 0.4) is 0 Å². The molecule has 0 radical (unpaired) electrons. The van der Waals surface area contributed by atoms with Crippen LogP contribution in [-0.2, 0) is 27.8 Å². The molecule has 1 aliphatic heterocycles. The summed E-state index contributed by atoms with van der Waals surface area (Å²) in [5.41, 5.74) is 1.92. The fourth-order valence-corrected chi connectivity index (χ4v) is 3.33. The van der Waals surface area contributed by atoms with Gasteiger partial charge in [0.2, 0.25) is 11.0 Å². The lowest BCUT2D eigenvalue weighted by atomic mass is 9.93. The zero-order valence-electron chi connectivity index (χ0n) is 13.4. The van der Waals surface area contributed by atoms with E-state index in [2.05, 4.69) is 5.32 Å². The van der Waals surface area contributed by atoms with Crippen molar-refractivity contribution in [2.75, 3.05) is 7.05 Å². The number of furan rings is 1. The topological polar surface area (TPSA) is 123 Å². The third-order valence-electron chi connectivity index (χ3n) is 4.13. The Morgan fingerprint density at radius 2 is 1.88 bits per heavy atom. The number of benzene rings is 1. The molecule has 3 N–H and O–H groups in total. The quantitative estimate of drug-likeness (QED) is 0.809. The fraction of sp³-hybridized carbons (Fsp3) is 0.250. The summed E-state index contributed by atoms with van der Waals surface area (Å²) >= 11 is 0. The molecular weight excluding hydrogens is 346 g/mol. The van der Waals surface area contributed by atoms with Crippen molar-refractivity contribution in [3.8, 4) is 0 Å². The summed E-state index contributed by atoms with van der Waals surface area (Å²) in [6.45, 7) is 0.221. The van der Waals surface area contributed by atoms with Gasteiger partial charge in [-0.2, -0.15) is 0 Å². The summed E-state index contributed by atoms with van der Waals surface area (Å²) in [6, 6.07) is 9.18. The number of hydrogen-bond donors (Lipinski definition) is 2. The van der Waals surface area contributed by atoms with E-state index in [1.54, 1.807) is 0 Å². The van der Waals surface area contributed by atoms with Crippen LogP contribution in [0.1, 0.15) is 21.7 Å². The van der Waals surface area contributed by atoms with E-state index >= 15 is 0 Å². The second-order valence-corrected chi connectivity index (χ2v) is 7.19. The van der Waals surface area contributed by atoms with E-state index in [-0.39, 0.29) is 18.2 Å². The van der Waals surface area contributed by atoms with Crippen molar-refractivity contribution in [3.05, 3.63) is 53.3 Å². The molecule has 0 fully saturated rings. The maximum Gasteiger partial charge on any atom is 0.290 e. The lowest BCUT2D eigenvalue weighted by molar-refractivity contribution is -0.125. The molecule has 0 saturated carbocycles. The first kappa shape index (κ1) is 17.2. The maximum atomic E-state index is 12.8. The fourth-order valence-electron chi connectivity index (χ4n) is 2.87. The van der Waals surface area contributed by atoms with E-state index < -0.39 is 27.1 Å². The number of nitrogens with zero attached hydrogens (tertiary/aromatic N) is 1. The van der Waals surface area contributed by atoms with Gasteiger partial charge in [0.1, 0.15) is 6.04 Å². The molecule has 1 aromatic carbocycles. The van der Waals surface area contributed by atoms with Crippen molar-refractivity contribution in [2.24, 2.45) is 5.14 Å². The van der Waals surface area contributed by atoms with Crippen molar-refractivity contribution < 1.29 is 22.4 Å². The molecule has 0 aliphatic carbocycles. The number of fused-ring (bicyclic) bond motifs is 1. The highest BCUT2D eigenvalue weighted by Gasteiger charge is 2.36. The highest BCUT2D eigenvalue weighted by atomic mass is 32.2. The number of hydrogen-bond acceptors (Lipinski definition) is 5. The highest BCUT2D eigenvalue weighted by Crippen LogP contribution is 2.26. The van der Waals surface area contributed by atoms with Crippen LogP contribution in [0.4, 0.5) is 0 Å². The van der Waals surface area contributed by atoms with Crippen LogP contribution in [-0.4, -0.2) is 38.2 Å². The summed E-state index contributed by atoms with van der Waals surface area (Å²) in [5.74, 6) is -1.06.